The Kier molecular flexibility index (Phi) is 10.3. The topological polar surface area (TPSA) is 69.7 Å². The third kappa shape index (κ3) is 9.91. The second-order valence-corrected chi connectivity index (χ2v) is 3.78. The summed E-state index contributed by atoms with van der Waals surface area (Å²) in [5.41, 5.74) is 0.979. The number of rotatable bonds is 7. The van der Waals surface area contributed by atoms with Gasteiger partial charge in [0.1, 0.15) is 6.61 Å². The van der Waals surface area contributed by atoms with Gasteiger partial charge in [-0.2, -0.15) is 0 Å². The fourth-order valence-electron chi connectivity index (χ4n) is 1.05. The molecule has 0 heterocycles. The van der Waals surface area contributed by atoms with Gasteiger partial charge in [0.2, 0.25) is 0 Å². The number of carbonyl (C=O) groups is 3. The molecule has 0 N–H and O–H groups in total. The minimum absolute atomic E-state index is 0.256. The molecule has 0 saturated heterocycles. The first-order valence-corrected chi connectivity index (χ1v) is 6.31. The smallest absolute Gasteiger partial charge is 0.330 e. The maximum atomic E-state index is 10.6. The Morgan fingerprint density at radius 1 is 0.864 bits per heavy atom. The van der Waals surface area contributed by atoms with Crippen LogP contribution in [0.4, 0.5) is 0 Å². The van der Waals surface area contributed by atoms with Crippen molar-refractivity contribution < 1.29 is 23.9 Å². The van der Waals surface area contributed by atoms with Crippen molar-refractivity contribution in [3.63, 3.8) is 0 Å². The molecule has 0 unspecified atom stereocenters. The molecule has 0 amide bonds. The lowest BCUT2D eigenvalue weighted by atomic mass is 10.2. The molecule has 0 saturated carbocycles. The van der Waals surface area contributed by atoms with E-state index < -0.39 is 5.97 Å². The highest BCUT2D eigenvalue weighted by Crippen LogP contribution is 2.00. The van der Waals surface area contributed by atoms with Crippen LogP contribution in [-0.2, 0) is 30.5 Å². The van der Waals surface area contributed by atoms with E-state index in [1.54, 1.807) is 0 Å². The fourth-order valence-corrected chi connectivity index (χ4v) is 1.05. The first-order valence-electron chi connectivity index (χ1n) is 6.31. The number of esters is 2. The number of hydrogen-bond donors (Lipinski definition) is 0. The molecule has 0 fully saturated rings. The predicted molar refractivity (Wildman–Crippen MR) is 82.8 cm³/mol. The molecule has 1 aromatic rings. The molecule has 0 aliphatic carbocycles. The fraction of sp³-hybridized carbons (Fsp3) is 0.118. The van der Waals surface area contributed by atoms with Crippen molar-refractivity contribution in [2.45, 2.75) is 6.61 Å². The van der Waals surface area contributed by atoms with Crippen LogP contribution in [-0.4, -0.2) is 24.3 Å². The standard InChI is InChI=1S/C10H10O2.C7H8O3/c1-2-10(11)12-8-9-6-4-3-5-7-9;1-3-6(8)5-10-7(9)4-2/h2-7H,1,8H2;3-4H,1-2,5H2. The number of hydrogen-bond acceptors (Lipinski definition) is 5. The lowest BCUT2D eigenvalue weighted by Gasteiger charge is -2.00. The Hall–Kier alpha value is -2.95. The van der Waals surface area contributed by atoms with Crippen molar-refractivity contribution in [3.05, 3.63) is 73.9 Å². The van der Waals surface area contributed by atoms with Crippen LogP contribution >= 0.6 is 0 Å². The maximum absolute atomic E-state index is 10.6. The summed E-state index contributed by atoms with van der Waals surface area (Å²) in [5, 5.41) is 0. The van der Waals surface area contributed by atoms with Crippen LogP contribution in [0.15, 0.2) is 68.3 Å². The van der Waals surface area contributed by atoms with Gasteiger partial charge in [-0.25, -0.2) is 9.59 Å². The normalized spacial score (nSPS) is 8.55. The van der Waals surface area contributed by atoms with Gasteiger partial charge in [-0.3, -0.25) is 4.79 Å². The minimum Gasteiger partial charge on any atom is -0.458 e. The molecule has 0 aromatic heterocycles. The molecule has 0 atom stereocenters. The quantitative estimate of drug-likeness (QED) is 0.571. The molecular formula is C17H18O5. The van der Waals surface area contributed by atoms with E-state index in [9.17, 15) is 14.4 Å². The summed E-state index contributed by atoms with van der Waals surface area (Å²) < 4.78 is 9.19. The molecule has 5 nitrogen and oxygen atoms in total. The highest BCUT2D eigenvalue weighted by molar-refractivity contribution is 5.92. The van der Waals surface area contributed by atoms with Crippen LogP contribution in [0.25, 0.3) is 0 Å². The van der Waals surface area contributed by atoms with Gasteiger partial charge in [0.25, 0.3) is 0 Å². The van der Waals surface area contributed by atoms with E-state index in [4.69, 9.17) is 4.74 Å². The van der Waals surface area contributed by atoms with Gasteiger partial charge >= 0.3 is 11.9 Å². The van der Waals surface area contributed by atoms with E-state index in [2.05, 4.69) is 24.5 Å². The third-order valence-corrected chi connectivity index (χ3v) is 2.14. The van der Waals surface area contributed by atoms with Crippen molar-refractivity contribution in [1.29, 1.82) is 0 Å². The zero-order valence-corrected chi connectivity index (χ0v) is 12.2. The molecule has 0 aliphatic rings. The Morgan fingerprint density at radius 2 is 1.41 bits per heavy atom. The zero-order valence-electron chi connectivity index (χ0n) is 12.2. The summed E-state index contributed by atoms with van der Waals surface area (Å²) >= 11 is 0. The Bertz CT molecular complexity index is 511. The second-order valence-electron chi connectivity index (χ2n) is 3.78. The minimum atomic E-state index is -0.602. The zero-order chi connectivity index (χ0) is 16.8. The number of carbonyl (C=O) groups excluding carboxylic acids is 3. The van der Waals surface area contributed by atoms with Crippen LogP contribution in [0, 0.1) is 0 Å². The first kappa shape index (κ1) is 19.1. The van der Waals surface area contributed by atoms with E-state index in [0.29, 0.717) is 6.61 Å². The van der Waals surface area contributed by atoms with Crippen molar-refractivity contribution in [3.8, 4) is 0 Å². The van der Waals surface area contributed by atoms with E-state index in [-0.39, 0.29) is 18.4 Å². The van der Waals surface area contributed by atoms with E-state index in [0.717, 1.165) is 23.8 Å². The van der Waals surface area contributed by atoms with Crippen LogP contribution in [0.3, 0.4) is 0 Å². The van der Waals surface area contributed by atoms with Crippen LogP contribution < -0.4 is 0 Å². The first-order chi connectivity index (χ1) is 10.5. The summed E-state index contributed by atoms with van der Waals surface area (Å²) in [5.74, 6) is -1.32. The molecule has 0 spiro atoms. The lowest BCUT2D eigenvalue weighted by molar-refractivity contribution is -0.141. The SMILES string of the molecule is C=CC(=O)COC(=O)C=C.C=CC(=O)OCc1ccccc1. The average Bonchev–Trinajstić information content (AvgIpc) is 2.58. The van der Waals surface area contributed by atoms with Gasteiger partial charge in [-0.05, 0) is 11.6 Å². The molecule has 1 aromatic carbocycles. The Balaban J connectivity index is 0.000000409. The van der Waals surface area contributed by atoms with E-state index >= 15 is 0 Å². The van der Waals surface area contributed by atoms with Crippen LogP contribution in [0.1, 0.15) is 5.56 Å². The van der Waals surface area contributed by atoms with Crippen molar-refractivity contribution >= 4 is 17.7 Å². The molecule has 0 bridgehead atoms. The second kappa shape index (κ2) is 11.8. The number of ether oxygens (including phenoxy) is 2. The predicted octanol–water partition coefficient (Wildman–Crippen LogP) is 2.39. The molecule has 116 valence electrons. The van der Waals surface area contributed by atoms with E-state index in [1.807, 2.05) is 30.3 Å². The van der Waals surface area contributed by atoms with Crippen molar-refractivity contribution in [1.82, 2.24) is 0 Å². The Morgan fingerprint density at radius 3 is 1.91 bits per heavy atom. The maximum Gasteiger partial charge on any atom is 0.330 e. The van der Waals surface area contributed by atoms with Gasteiger partial charge in [-0.1, -0.05) is 50.1 Å². The average molecular weight is 302 g/mol. The van der Waals surface area contributed by atoms with Gasteiger partial charge in [-0.15, -0.1) is 0 Å². The van der Waals surface area contributed by atoms with Crippen molar-refractivity contribution in [2.75, 3.05) is 6.61 Å². The summed E-state index contributed by atoms with van der Waals surface area (Å²) in [6.07, 6.45) is 3.25. The van der Waals surface area contributed by atoms with Crippen LogP contribution in [0.5, 0.6) is 0 Å². The monoisotopic (exact) mass is 302 g/mol. The summed E-state index contributed by atoms with van der Waals surface area (Å²) in [6, 6.07) is 9.51. The number of ketones is 1. The molecule has 22 heavy (non-hydrogen) atoms. The lowest BCUT2D eigenvalue weighted by Crippen LogP contribution is -2.09. The van der Waals surface area contributed by atoms with Gasteiger partial charge in [0.05, 0.1) is 0 Å². The van der Waals surface area contributed by atoms with E-state index in [1.165, 1.54) is 0 Å². The molecule has 5 heteroatoms. The van der Waals surface area contributed by atoms with Gasteiger partial charge < -0.3 is 9.47 Å². The van der Waals surface area contributed by atoms with Crippen LogP contribution in [0.2, 0.25) is 0 Å². The molecule has 1 rings (SSSR count). The largest absolute Gasteiger partial charge is 0.458 e. The van der Waals surface area contributed by atoms with Gasteiger partial charge in [0, 0.05) is 12.2 Å². The molecule has 0 aliphatic heterocycles. The Labute approximate surface area is 129 Å². The molecule has 0 radical (unpaired) electrons. The summed E-state index contributed by atoms with van der Waals surface area (Å²) in [7, 11) is 0. The van der Waals surface area contributed by atoms with Crippen molar-refractivity contribution in [2.24, 2.45) is 0 Å². The molecular weight excluding hydrogens is 284 g/mol. The highest BCUT2D eigenvalue weighted by atomic mass is 16.5. The van der Waals surface area contributed by atoms with Gasteiger partial charge in [0.15, 0.2) is 12.4 Å². The third-order valence-electron chi connectivity index (χ3n) is 2.14. The number of benzene rings is 1. The summed E-state index contributed by atoms with van der Waals surface area (Å²) in [6.45, 7) is 9.70. The summed E-state index contributed by atoms with van der Waals surface area (Å²) in [4.78, 5) is 31.4. The highest BCUT2D eigenvalue weighted by Gasteiger charge is 1.98.